The summed E-state index contributed by atoms with van der Waals surface area (Å²) in [6.45, 7) is 2.38. The Kier molecular flexibility index (Phi) is 7.37. The molecular weight excluding hydrogens is 709 g/mol. The van der Waals surface area contributed by atoms with Gasteiger partial charge in [-0.25, -0.2) is 4.99 Å². The average Bonchev–Trinajstić information content (AvgIpc) is 3.92. The first-order valence-electron chi connectivity index (χ1n) is 20.6. The molecule has 1 N–H and O–H groups in total. The zero-order valence-electron chi connectivity index (χ0n) is 32.3. The van der Waals surface area contributed by atoms with Crippen LogP contribution in [0.4, 0.5) is 5.69 Å². The van der Waals surface area contributed by atoms with E-state index in [1.165, 1.54) is 55.8 Å². The van der Waals surface area contributed by atoms with Crippen LogP contribution in [0.3, 0.4) is 0 Å². The molecule has 5 aromatic carbocycles. The minimum atomic E-state index is -0.404. The van der Waals surface area contributed by atoms with Crippen LogP contribution in [0.1, 0.15) is 47.2 Å². The summed E-state index contributed by atoms with van der Waals surface area (Å²) in [5.41, 5.74) is 14.3. The molecule has 0 spiro atoms. The van der Waals surface area contributed by atoms with Crippen molar-refractivity contribution in [3.63, 3.8) is 0 Å². The first-order chi connectivity index (χ1) is 28.6. The molecule has 3 aliphatic carbocycles. The Morgan fingerprint density at radius 1 is 0.759 bits per heavy atom. The van der Waals surface area contributed by atoms with Gasteiger partial charge in [-0.15, -0.1) is 0 Å². The van der Waals surface area contributed by atoms with Crippen LogP contribution >= 0.6 is 0 Å². The number of nitrogens with zero attached hydrogens (tertiary/aromatic N) is 3. The first kappa shape index (κ1) is 33.3. The molecule has 1 aromatic heterocycles. The summed E-state index contributed by atoms with van der Waals surface area (Å²) in [6, 6.07) is 46.1. The van der Waals surface area contributed by atoms with Gasteiger partial charge < -0.3 is 19.5 Å². The molecule has 0 saturated heterocycles. The number of rotatable bonds is 5. The highest BCUT2D eigenvalue weighted by atomic mass is 16.5. The van der Waals surface area contributed by atoms with E-state index in [0.717, 1.165) is 41.3 Å². The molecule has 280 valence electrons. The van der Waals surface area contributed by atoms with Crippen molar-refractivity contribution in [2.75, 3.05) is 4.90 Å². The number of benzene rings is 5. The van der Waals surface area contributed by atoms with Crippen molar-refractivity contribution >= 4 is 34.1 Å². The van der Waals surface area contributed by atoms with Gasteiger partial charge in [0.2, 0.25) is 0 Å². The molecule has 58 heavy (non-hydrogen) atoms. The number of fused-ring (bicyclic) bond motifs is 8. The van der Waals surface area contributed by atoms with Crippen LogP contribution in [0.25, 0.3) is 39.4 Å². The molecule has 0 amide bonds. The van der Waals surface area contributed by atoms with Crippen molar-refractivity contribution in [2.45, 2.75) is 43.5 Å². The van der Waals surface area contributed by atoms with Crippen LogP contribution in [-0.2, 0) is 11.2 Å². The Labute approximate surface area is 339 Å². The number of ether oxygens (including phenoxy) is 1. The second-order valence-corrected chi connectivity index (χ2v) is 16.4. The van der Waals surface area contributed by atoms with E-state index in [9.17, 15) is 0 Å². The lowest BCUT2D eigenvalue weighted by atomic mass is 9.77. The van der Waals surface area contributed by atoms with Crippen molar-refractivity contribution in [2.24, 2.45) is 10.9 Å². The lowest BCUT2D eigenvalue weighted by Crippen LogP contribution is -2.53. The van der Waals surface area contributed by atoms with Gasteiger partial charge in [-0.05, 0) is 90.1 Å². The molecule has 6 aromatic rings. The SMILES string of the molecule is C[C@@]12C=CC(c3ccc4c(c3)c3c(n4-c4ccccc4)CCC=C3)=CC1c1ccccc1N2C1N=C(c2cccc(-c3ccccc3)c2)NC2=C1OC1C=CC=CC21. The van der Waals surface area contributed by atoms with E-state index in [2.05, 4.69) is 204 Å². The van der Waals surface area contributed by atoms with E-state index in [0.29, 0.717) is 0 Å². The second-order valence-electron chi connectivity index (χ2n) is 16.4. The van der Waals surface area contributed by atoms with Crippen LogP contribution in [0.15, 0.2) is 192 Å². The summed E-state index contributed by atoms with van der Waals surface area (Å²) < 4.78 is 9.37. The Hall–Kier alpha value is -6.85. The predicted octanol–water partition coefficient (Wildman–Crippen LogP) is 11.3. The van der Waals surface area contributed by atoms with Gasteiger partial charge in [0.1, 0.15) is 11.9 Å². The highest BCUT2D eigenvalue weighted by Crippen LogP contribution is 2.55. The average molecular weight is 751 g/mol. The number of amidine groups is 1. The van der Waals surface area contributed by atoms with E-state index >= 15 is 0 Å². The fourth-order valence-corrected chi connectivity index (χ4v) is 10.3. The zero-order valence-corrected chi connectivity index (χ0v) is 32.3. The maximum Gasteiger partial charge on any atom is 0.184 e. The van der Waals surface area contributed by atoms with E-state index in [1.807, 2.05) is 0 Å². The molecule has 0 radical (unpaired) electrons. The Morgan fingerprint density at radius 3 is 2.45 bits per heavy atom. The van der Waals surface area contributed by atoms with E-state index in [1.54, 1.807) is 0 Å². The molecule has 6 aliphatic rings. The lowest BCUT2D eigenvalue weighted by molar-refractivity contribution is 0.148. The number of aromatic nitrogens is 1. The van der Waals surface area contributed by atoms with Crippen molar-refractivity contribution in [3.8, 4) is 16.8 Å². The first-order valence-corrected chi connectivity index (χ1v) is 20.6. The van der Waals surface area contributed by atoms with Crippen molar-refractivity contribution in [3.05, 3.63) is 215 Å². The second kappa shape index (κ2) is 12.8. The largest absolute Gasteiger partial charge is 0.484 e. The third-order valence-electron chi connectivity index (χ3n) is 13.1. The Bertz CT molecular complexity index is 2890. The van der Waals surface area contributed by atoms with Gasteiger partial charge in [0.15, 0.2) is 11.9 Å². The van der Waals surface area contributed by atoms with Crippen molar-refractivity contribution in [1.29, 1.82) is 0 Å². The van der Waals surface area contributed by atoms with E-state index in [4.69, 9.17) is 9.73 Å². The number of anilines is 1. The summed E-state index contributed by atoms with van der Waals surface area (Å²) in [5.74, 6) is 1.96. The van der Waals surface area contributed by atoms with Crippen molar-refractivity contribution in [1.82, 2.24) is 9.88 Å². The Balaban J connectivity index is 0.968. The molecule has 5 heteroatoms. The van der Waals surface area contributed by atoms with Gasteiger partial charge in [-0.1, -0.05) is 140 Å². The summed E-state index contributed by atoms with van der Waals surface area (Å²) in [4.78, 5) is 8.15. The summed E-state index contributed by atoms with van der Waals surface area (Å²) in [5, 5.41) is 5.11. The molecular formula is C53H42N4O. The smallest absolute Gasteiger partial charge is 0.184 e. The third-order valence-corrected chi connectivity index (χ3v) is 13.1. The number of aliphatic imine (C=N–C) groups is 1. The minimum Gasteiger partial charge on any atom is -0.484 e. The topological polar surface area (TPSA) is 41.8 Å². The van der Waals surface area contributed by atoms with Crippen LogP contribution in [-0.4, -0.2) is 28.2 Å². The molecule has 5 atom stereocenters. The van der Waals surface area contributed by atoms with Gasteiger partial charge in [-0.2, -0.15) is 0 Å². The number of nitrogens with one attached hydrogen (secondary N) is 1. The van der Waals surface area contributed by atoms with E-state index < -0.39 is 5.54 Å². The van der Waals surface area contributed by atoms with Gasteiger partial charge in [0, 0.05) is 39.5 Å². The summed E-state index contributed by atoms with van der Waals surface area (Å²) in [6.07, 6.45) is 22.3. The molecule has 4 heterocycles. The van der Waals surface area contributed by atoms with Crippen LogP contribution in [0, 0.1) is 5.92 Å². The number of hydrogen-bond donors (Lipinski definition) is 1. The molecule has 5 nitrogen and oxygen atoms in total. The highest BCUT2D eigenvalue weighted by Gasteiger charge is 2.53. The molecule has 3 aliphatic heterocycles. The molecule has 0 fully saturated rings. The maximum atomic E-state index is 6.91. The van der Waals surface area contributed by atoms with Crippen LogP contribution in [0.2, 0.25) is 0 Å². The van der Waals surface area contributed by atoms with Crippen molar-refractivity contribution < 1.29 is 4.74 Å². The molecule has 0 bridgehead atoms. The molecule has 0 saturated carbocycles. The van der Waals surface area contributed by atoms with Gasteiger partial charge >= 0.3 is 0 Å². The third kappa shape index (κ3) is 4.99. The maximum absolute atomic E-state index is 6.91. The van der Waals surface area contributed by atoms with Gasteiger partial charge in [0.05, 0.1) is 22.7 Å². The van der Waals surface area contributed by atoms with E-state index in [-0.39, 0.29) is 24.1 Å². The minimum absolute atomic E-state index is 0.0719. The summed E-state index contributed by atoms with van der Waals surface area (Å²) in [7, 11) is 0. The molecule has 12 rings (SSSR count). The number of hydrogen-bond acceptors (Lipinski definition) is 4. The van der Waals surface area contributed by atoms with Gasteiger partial charge in [-0.3, -0.25) is 0 Å². The summed E-state index contributed by atoms with van der Waals surface area (Å²) >= 11 is 0. The molecule has 4 unspecified atom stereocenters. The normalized spacial score (nSPS) is 24.7. The lowest BCUT2D eigenvalue weighted by Gasteiger charge is -2.44. The van der Waals surface area contributed by atoms with Crippen LogP contribution < -0.4 is 10.2 Å². The fraction of sp³-hybridized carbons (Fsp3) is 0.151. The standard InChI is InChI=1S/C53H42N4O/c1-53-30-29-37(36-27-28-46-43(32-36)40-21-8-11-24-45(40)56(46)39-19-6-3-7-20-39)33-44(53)41-22-9-12-25-47(41)57(53)52-50-49(42-23-10-13-26-48(42)58-50)54-51(55-52)38-18-14-17-35(31-38)34-15-4-2-5-16-34/h2-10,12-23,25-33,42,44,48,52H,11,24H2,1H3,(H,54,55)/t42?,44?,48?,52?,53-/m1/s1. The monoisotopic (exact) mass is 750 g/mol. The highest BCUT2D eigenvalue weighted by molar-refractivity contribution is 6.02. The fourth-order valence-electron chi connectivity index (χ4n) is 10.3. The predicted molar refractivity (Wildman–Crippen MR) is 237 cm³/mol. The van der Waals surface area contributed by atoms with Crippen LogP contribution in [0.5, 0.6) is 0 Å². The number of para-hydroxylation sites is 2. The number of allylic oxidation sites excluding steroid dienone is 5. The quantitative estimate of drug-likeness (QED) is 0.191. The zero-order chi connectivity index (χ0) is 38.4. The van der Waals surface area contributed by atoms with Gasteiger partial charge in [0.25, 0.3) is 0 Å². The Morgan fingerprint density at radius 2 is 1.55 bits per heavy atom.